The van der Waals surface area contributed by atoms with Gasteiger partial charge in [-0.05, 0) is 44.5 Å². The van der Waals surface area contributed by atoms with Gasteiger partial charge in [-0.2, -0.15) is 0 Å². The van der Waals surface area contributed by atoms with Gasteiger partial charge >= 0.3 is 12.0 Å². The Morgan fingerprint density at radius 2 is 1.76 bits per heavy atom. The molecule has 0 radical (unpaired) electrons. The van der Waals surface area contributed by atoms with E-state index in [1.807, 2.05) is 0 Å². The quantitative estimate of drug-likeness (QED) is 0.517. The zero-order chi connectivity index (χ0) is 18.7. The molecule has 0 bridgehead atoms. The highest BCUT2D eigenvalue weighted by molar-refractivity contribution is 5.97. The Labute approximate surface area is 146 Å². The molecule has 8 heteroatoms. The van der Waals surface area contributed by atoms with Crippen molar-refractivity contribution in [3.63, 3.8) is 0 Å². The molecule has 138 valence electrons. The van der Waals surface area contributed by atoms with Gasteiger partial charge in [0.2, 0.25) is 0 Å². The molecule has 0 unspecified atom stereocenters. The molecule has 0 aliphatic carbocycles. The van der Waals surface area contributed by atoms with Crippen LogP contribution in [0.4, 0.5) is 4.79 Å². The second kappa shape index (κ2) is 10.9. The van der Waals surface area contributed by atoms with E-state index in [2.05, 4.69) is 10.6 Å². The Balaban J connectivity index is 2.22. The van der Waals surface area contributed by atoms with Crippen molar-refractivity contribution in [2.24, 2.45) is 0 Å². The van der Waals surface area contributed by atoms with Crippen LogP contribution in [-0.4, -0.2) is 44.3 Å². The van der Waals surface area contributed by atoms with E-state index in [1.165, 1.54) is 6.92 Å². The molecule has 2 N–H and O–H groups in total. The Hall–Kier alpha value is -2.77. The van der Waals surface area contributed by atoms with Crippen LogP contribution in [0.25, 0.3) is 0 Å². The smallest absolute Gasteiger partial charge is 0.321 e. The van der Waals surface area contributed by atoms with E-state index in [0.717, 1.165) is 5.75 Å². The van der Waals surface area contributed by atoms with Gasteiger partial charge < -0.3 is 19.5 Å². The molecular formula is C17H24N2O6. The predicted molar refractivity (Wildman–Crippen MR) is 90.5 cm³/mol. The minimum absolute atomic E-state index is 0.106. The van der Waals surface area contributed by atoms with E-state index in [4.69, 9.17) is 14.2 Å². The first-order chi connectivity index (χ1) is 12.0. The van der Waals surface area contributed by atoms with Crippen molar-refractivity contribution in [3.8, 4) is 11.5 Å². The first-order valence-electron chi connectivity index (χ1n) is 8.01. The molecule has 0 aromatic heterocycles. The lowest BCUT2D eigenvalue weighted by Gasteiger charge is -2.13. The Bertz CT molecular complexity index is 573. The maximum Gasteiger partial charge on any atom is 0.321 e. The van der Waals surface area contributed by atoms with Gasteiger partial charge in [-0.15, -0.1) is 0 Å². The minimum atomic E-state index is -1.04. The highest BCUT2D eigenvalue weighted by Crippen LogP contribution is 2.17. The average molecular weight is 352 g/mol. The lowest BCUT2D eigenvalue weighted by Crippen LogP contribution is -2.44. The van der Waals surface area contributed by atoms with Crippen molar-refractivity contribution >= 4 is 17.9 Å². The molecule has 8 nitrogen and oxygen atoms in total. The number of rotatable bonds is 9. The first kappa shape index (κ1) is 20.3. The standard InChI is InChI=1S/C17H24N2O6/c1-4-18-17(22)19-16(21)12(2)25-15(20)6-5-11-24-14-9-7-13(23-3)8-10-14/h7-10,12H,4-6,11H2,1-3H3,(H2,18,19,21,22)/t12-/m1/s1. The van der Waals surface area contributed by atoms with Gasteiger partial charge in [-0.3, -0.25) is 14.9 Å². The summed E-state index contributed by atoms with van der Waals surface area (Å²) in [6.45, 7) is 3.85. The van der Waals surface area contributed by atoms with Crippen LogP contribution < -0.4 is 20.1 Å². The number of amides is 3. The largest absolute Gasteiger partial charge is 0.497 e. The van der Waals surface area contributed by atoms with Crippen molar-refractivity contribution in [2.75, 3.05) is 20.3 Å². The fourth-order valence-corrected chi connectivity index (χ4v) is 1.81. The number of imide groups is 1. The van der Waals surface area contributed by atoms with Crippen molar-refractivity contribution < 1.29 is 28.6 Å². The first-order valence-corrected chi connectivity index (χ1v) is 8.01. The molecule has 0 fully saturated rings. The fourth-order valence-electron chi connectivity index (χ4n) is 1.81. The average Bonchev–Trinajstić information content (AvgIpc) is 2.59. The number of benzene rings is 1. The molecule has 0 aliphatic heterocycles. The number of methoxy groups -OCH3 is 1. The lowest BCUT2D eigenvalue weighted by molar-refractivity contribution is -0.154. The van der Waals surface area contributed by atoms with Gasteiger partial charge in [0.05, 0.1) is 13.7 Å². The highest BCUT2D eigenvalue weighted by Gasteiger charge is 2.19. The van der Waals surface area contributed by atoms with E-state index in [-0.39, 0.29) is 6.42 Å². The zero-order valence-electron chi connectivity index (χ0n) is 14.7. The molecule has 0 heterocycles. The summed E-state index contributed by atoms with van der Waals surface area (Å²) >= 11 is 0. The molecule has 0 spiro atoms. The lowest BCUT2D eigenvalue weighted by atomic mass is 10.3. The molecule has 1 rings (SSSR count). The summed E-state index contributed by atoms with van der Waals surface area (Å²) in [5.41, 5.74) is 0. The maximum atomic E-state index is 11.7. The van der Waals surface area contributed by atoms with Gasteiger partial charge in [0.15, 0.2) is 6.10 Å². The summed E-state index contributed by atoms with van der Waals surface area (Å²) in [4.78, 5) is 34.6. The summed E-state index contributed by atoms with van der Waals surface area (Å²) in [6, 6.07) is 6.47. The molecule has 0 saturated carbocycles. The van der Waals surface area contributed by atoms with E-state index in [1.54, 1.807) is 38.3 Å². The van der Waals surface area contributed by atoms with Crippen molar-refractivity contribution in [1.29, 1.82) is 0 Å². The monoisotopic (exact) mass is 352 g/mol. The second-order valence-corrected chi connectivity index (χ2v) is 5.11. The van der Waals surface area contributed by atoms with E-state index >= 15 is 0 Å². The molecule has 0 aliphatic rings. The molecule has 0 saturated heterocycles. The van der Waals surface area contributed by atoms with Crippen molar-refractivity contribution in [2.45, 2.75) is 32.8 Å². The molecule has 1 aromatic rings. The molecular weight excluding hydrogens is 328 g/mol. The molecule has 25 heavy (non-hydrogen) atoms. The van der Waals surface area contributed by atoms with Gasteiger partial charge in [-0.1, -0.05) is 0 Å². The Morgan fingerprint density at radius 1 is 1.12 bits per heavy atom. The minimum Gasteiger partial charge on any atom is -0.497 e. The van der Waals surface area contributed by atoms with Crippen LogP contribution in [0.5, 0.6) is 11.5 Å². The SMILES string of the molecule is CCNC(=O)NC(=O)[C@@H](C)OC(=O)CCCOc1ccc(OC)cc1. The summed E-state index contributed by atoms with van der Waals surface area (Å²) in [5.74, 6) is 0.199. The van der Waals surface area contributed by atoms with Gasteiger partial charge in [-0.25, -0.2) is 4.79 Å². The molecule has 3 amide bonds. The third kappa shape index (κ3) is 8.05. The number of carbonyl (C=O) groups excluding carboxylic acids is 3. The number of hydrogen-bond donors (Lipinski definition) is 2. The summed E-state index contributed by atoms with van der Waals surface area (Å²) in [6.07, 6.45) is -0.498. The fraction of sp³-hybridized carbons (Fsp3) is 0.471. The number of carbonyl (C=O) groups is 3. The van der Waals surface area contributed by atoms with Crippen molar-refractivity contribution in [3.05, 3.63) is 24.3 Å². The summed E-state index contributed by atoms with van der Waals surface area (Å²) < 4.78 is 15.5. The number of nitrogens with one attached hydrogen (secondary N) is 2. The van der Waals surface area contributed by atoms with Crippen molar-refractivity contribution in [1.82, 2.24) is 10.6 Å². The zero-order valence-corrected chi connectivity index (χ0v) is 14.7. The normalized spacial score (nSPS) is 11.2. The Kier molecular flexibility index (Phi) is 8.84. The Morgan fingerprint density at radius 3 is 2.36 bits per heavy atom. The van der Waals surface area contributed by atoms with Crippen LogP contribution in [0.3, 0.4) is 0 Å². The summed E-state index contributed by atoms with van der Waals surface area (Å²) in [5, 5.41) is 4.50. The van der Waals surface area contributed by atoms with Gasteiger partial charge in [0.1, 0.15) is 11.5 Å². The van der Waals surface area contributed by atoms with Crippen LogP contribution >= 0.6 is 0 Å². The van der Waals surface area contributed by atoms with Crippen LogP contribution in [0.2, 0.25) is 0 Å². The molecule has 1 atom stereocenters. The summed E-state index contributed by atoms with van der Waals surface area (Å²) in [7, 11) is 1.58. The number of esters is 1. The number of ether oxygens (including phenoxy) is 3. The van der Waals surface area contributed by atoms with Crippen LogP contribution in [0, 0.1) is 0 Å². The number of hydrogen-bond acceptors (Lipinski definition) is 6. The van der Waals surface area contributed by atoms with Crippen LogP contribution in [0.15, 0.2) is 24.3 Å². The van der Waals surface area contributed by atoms with Gasteiger partial charge in [0, 0.05) is 13.0 Å². The third-order valence-electron chi connectivity index (χ3n) is 3.10. The maximum absolute atomic E-state index is 11.7. The van der Waals surface area contributed by atoms with E-state index < -0.39 is 24.0 Å². The van der Waals surface area contributed by atoms with E-state index in [9.17, 15) is 14.4 Å². The third-order valence-corrected chi connectivity index (χ3v) is 3.10. The highest BCUT2D eigenvalue weighted by atomic mass is 16.5. The van der Waals surface area contributed by atoms with Gasteiger partial charge in [0.25, 0.3) is 5.91 Å². The molecule has 1 aromatic carbocycles. The van der Waals surface area contributed by atoms with Crippen LogP contribution in [-0.2, 0) is 14.3 Å². The second-order valence-electron chi connectivity index (χ2n) is 5.11. The van der Waals surface area contributed by atoms with Crippen LogP contribution in [0.1, 0.15) is 26.7 Å². The number of urea groups is 1. The predicted octanol–water partition coefficient (Wildman–Crippen LogP) is 1.63. The topological polar surface area (TPSA) is 103 Å². The van der Waals surface area contributed by atoms with E-state index in [0.29, 0.717) is 25.3 Å².